The predicted molar refractivity (Wildman–Crippen MR) is 293 cm³/mol. The summed E-state index contributed by atoms with van der Waals surface area (Å²) in [5.41, 5.74) is 18.7. The molecule has 0 spiro atoms. The Bertz CT molecular complexity index is 4540. The van der Waals surface area contributed by atoms with E-state index in [-0.39, 0.29) is 5.41 Å². The van der Waals surface area contributed by atoms with Gasteiger partial charge in [0.25, 0.3) is 0 Å². The molecular formula is C66H42N4O2. The van der Waals surface area contributed by atoms with Gasteiger partial charge < -0.3 is 13.4 Å². The standard InChI is InChI=1S/C66H42N4O2/c1-66(2)53-27-12-9-23-45(53)50-37-51-46-24-10-13-28-55(46)70(56(51)38-54(50)66)44-35-49(61-47-25-11-14-29-57(47)72-60(61)36-44)42-31-32-58-52(34-42)62-48(26-16-30-59(62)71-58)65-68-63(40-19-7-4-8-20-40)67-64(69-65)43-22-15-21-41(33-43)39-17-5-3-6-18-39/h3-38H,1-2H3. The first-order valence-corrected chi connectivity index (χ1v) is 24.5. The molecule has 0 saturated heterocycles. The molecule has 1 aliphatic carbocycles. The number of hydrogen-bond donors (Lipinski definition) is 0. The van der Waals surface area contributed by atoms with Crippen LogP contribution in [0, 0.1) is 0 Å². The minimum atomic E-state index is -0.156. The van der Waals surface area contributed by atoms with Gasteiger partial charge in [0.05, 0.1) is 16.7 Å². The quantitative estimate of drug-likeness (QED) is 0.166. The molecule has 0 amide bonds. The summed E-state index contributed by atoms with van der Waals surface area (Å²) in [6, 6.07) is 77.1. The highest BCUT2D eigenvalue weighted by molar-refractivity contribution is 6.17. The molecule has 6 nitrogen and oxygen atoms in total. The van der Waals surface area contributed by atoms with Gasteiger partial charge >= 0.3 is 0 Å². The molecular weight excluding hydrogens is 881 g/mol. The molecule has 4 heterocycles. The zero-order valence-corrected chi connectivity index (χ0v) is 39.4. The molecule has 338 valence electrons. The lowest BCUT2D eigenvalue weighted by Gasteiger charge is -2.21. The van der Waals surface area contributed by atoms with Crippen molar-refractivity contribution < 1.29 is 8.83 Å². The molecule has 0 bridgehead atoms. The van der Waals surface area contributed by atoms with Crippen molar-refractivity contribution in [3.63, 3.8) is 0 Å². The summed E-state index contributed by atoms with van der Waals surface area (Å²) in [4.78, 5) is 15.6. The maximum atomic E-state index is 6.82. The van der Waals surface area contributed by atoms with Gasteiger partial charge in [-0.25, -0.2) is 15.0 Å². The van der Waals surface area contributed by atoms with E-state index in [2.05, 4.69) is 182 Å². The third kappa shape index (κ3) is 6.05. The Morgan fingerprint density at radius 3 is 1.82 bits per heavy atom. The molecule has 1 aliphatic rings. The van der Waals surface area contributed by atoms with Crippen LogP contribution in [-0.4, -0.2) is 19.5 Å². The van der Waals surface area contributed by atoms with Crippen molar-refractivity contribution >= 4 is 65.7 Å². The molecule has 0 radical (unpaired) electrons. The maximum absolute atomic E-state index is 6.82. The Morgan fingerprint density at radius 2 is 0.958 bits per heavy atom. The Balaban J connectivity index is 0.951. The molecule has 0 N–H and O–H groups in total. The van der Waals surface area contributed by atoms with E-state index in [0.717, 1.165) is 99.5 Å². The highest BCUT2D eigenvalue weighted by atomic mass is 16.3. The van der Waals surface area contributed by atoms with Crippen molar-refractivity contribution in [1.82, 2.24) is 19.5 Å². The van der Waals surface area contributed by atoms with Crippen molar-refractivity contribution in [2.24, 2.45) is 0 Å². The SMILES string of the molecule is CC1(C)c2ccccc2-c2cc3c4ccccc4n(-c4cc(-c5ccc6oc7cccc(-c8nc(-c9ccccc9)nc(-c9cccc(-c%10ccccc%10)c9)n8)c7c6c5)c5c(c4)oc4ccccc45)c3cc21. The second kappa shape index (κ2) is 15.3. The monoisotopic (exact) mass is 922 g/mol. The lowest BCUT2D eigenvalue weighted by atomic mass is 9.82. The summed E-state index contributed by atoms with van der Waals surface area (Å²) in [7, 11) is 0. The molecule has 0 fully saturated rings. The molecule has 72 heavy (non-hydrogen) atoms. The van der Waals surface area contributed by atoms with Crippen molar-refractivity contribution in [2.75, 3.05) is 0 Å². The lowest BCUT2D eigenvalue weighted by molar-refractivity contribution is 0.661. The number of hydrogen-bond acceptors (Lipinski definition) is 5. The minimum Gasteiger partial charge on any atom is -0.456 e. The normalized spacial score (nSPS) is 13.0. The van der Waals surface area contributed by atoms with Gasteiger partial charge in [0, 0.05) is 60.5 Å². The van der Waals surface area contributed by atoms with Crippen molar-refractivity contribution in [2.45, 2.75) is 19.3 Å². The van der Waals surface area contributed by atoms with E-state index in [4.69, 9.17) is 23.8 Å². The molecule has 4 aromatic heterocycles. The largest absolute Gasteiger partial charge is 0.456 e. The van der Waals surface area contributed by atoms with Crippen molar-refractivity contribution in [1.29, 1.82) is 0 Å². The number of rotatable bonds is 6. The molecule has 0 saturated carbocycles. The summed E-state index contributed by atoms with van der Waals surface area (Å²) in [5.74, 6) is 1.76. The first-order chi connectivity index (χ1) is 35.4. The van der Waals surface area contributed by atoms with E-state index in [0.29, 0.717) is 17.5 Å². The third-order valence-corrected chi connectivity index (χ3v) is 15.0. The van der Waals surface area contributed by atoms with E-state index in [1.807, 2.05) is 54.6 Å². The number of fused-ring (bicyclic) bond motifs is 12. The van der Waals surface area contributed by atoms with Crippen LogP contribution in [0.25, 0.3) is 139 Å². The second-order valence-corrected chi connectivity index (χ2v) is 19.5. The number of para-hydroxylation sites is 2. The fourth-order valence-electron chi connectivity index (χ4n) is 11.6. The lowest BCUT2D eigenvalue weighted by Crippen LogP contribution is -2.14. The summed E-state index contributed by atoms with van der Waals surface area (Å²) in [6.45, 7) is 4.70. The highest BCUT2D eigenvalue weighted by Crippen LogP contribution is 2.51. The molecule has 10 aromatic carbocycles. The van der Waals surface area contributed by atoms with Crippen molar-refractivity contribution in [3.8, 4) is 73.2 Å². The van der Waals surface area contributed by atoms with Gasteiger partial charge in [-0.1, -0.05) is 172 Å². The summed E-state index contributed by atoms with van der Waals surface area (Å²) < 4.78 is 16.0. The van der Waals surface area contributed by atoms with E-state index < -0.39 is 0 Å². The molecule has 0 aliphatic heterocycles. The molecule has 0 atom stereocenters. The Kier molecular flexibility index (Phi) is 8.61. The van der Waals surface area contributed by atoms with Gasteiger partial charge in [0.15, 0.2) is 17.5 Å². The van der Waals surface area contributed by atoms with Crippen LogP contribution in [-0.2, 0) is 5.41 Å². The van der Waals surface area contributed by atoms with E-state index in [1.54, 1.807) is 0 Å². The molecule has 14 aromatic rings. The summed E-state index contributed by atoms with van der Waals surface area (Å²) in [6.07, 6.45) is 0. The average Bonchev–Trinajstić information content (AvgIpc) is 4.17. The van der Waals surface area contributed by atoms with Gasteiger partial charge in [-0.05, 0) is 99.1 Å². The van der Waals surface area contributed by atoms with E-state index >= 15 is 0 Å². The number of furan rings is 2. The van der Waals surface area contributed by atoms with Crippen LogP contribution in [0.15, 0.2) is 227 Å². The Hall–Kier alpha value is -9.39. The van der Waals surface area contributed by atoms with Gasteiger partial charge in [-0.15, -0.1) is 0 Å². The number of benzene rings is 10. The second-order valence-electron chi connectivity index (χ2n) is 19.5. The number of nitrogens with zero attached hydrogens (tertiary/aromatic N) is 4. The van der Waals surface area contributed by atoms with Crippen LogP contribution in [0.3, 0.4) is 0 Å². The highest BCUT2D eigenvalue weighted by Gasteiger charge is 2.36. The topological polar surface area (TPSA) is 69.9 Å². The summed E-state index contributed by atoms with van der Waals surface area (Å²) in [5, 5.41) is 6.47. The van der Waals surface area contributed by atoms with E-state index in [9.17, 15) is 0 Å². The maximum Gasteiger partial charge on any atom is 0.164 e. The zero-order valence-electron chi connectivity index (χ0n) is 39.4. The van der Waals surface area contributed by atoms with Crippen LogP contribution in [0.2, 0.25) is 0 Å². The minimum absolute atomic E-state index is 0.156. The first kappa shape index (κ1) is 40.5. The van der Waals surface area contributed by atoms with Crippen molar-refractivity contribution in [3.05, 3.63) is 230 Å². The molecule has 0 unspecified atom stereocenters. The zero-order chi connectivity index (χ0) is 47.7. The smallest absolute Gasteiger partial charge is 0.164 e. The molecule has 6 heteroatoms. The molecule has 15 rings (SSSR count). The van der Waals surface area contributed by atoms with Crippen LogP contribution >= 0.6 is 0 Å². The van der Waals surface area contributed by atoms with Gasteiger partial charge in [-0.2, -0.15) is 0 Å². The Labute approximate surface area is 414 Å². The summed E-state index contributed by atoms with van der Waals surface area (Å²) >= 11 is 0. The fraction of sp³-hybridized carbons (Fsp3) is 0.0455. The van der Waals surface area contributed by atoms with Crippen LogP contribution in [0.4, 0.5) is 0 Å². The first-order valence-electron chi connectivity index (χ1n) is 24.5. The third-order valence-electron chi connectivity index (χ3n) is 15.0. The number of aromatic nitrogens is 4. The Morgan fingerprint density at radius 1 is 0.333 bits per heavy atom. The fourth-order valence-corrected chi connectivity index (χ4v) is 11.6. The average molecular weight is 923 g/mol. The van der Waals surface area contributed by atoms with E-state index in [1.165, 1.54) is 33.0 Å². The van der Waals surface area contributed by atoms with Crippen LogP contribution in [0.1, 0.15) is 25.0 Å². The van der Waals surface area contributed by atoms with Gasteiger partial charge in [0.2, 0.25) is 0 Å². The van der Waals surface area contributed by atoms with Crippen LogP contribution < -0.4 is 0 Å². The predicted octanol–water partition coefficient (Wildman–Crippen LogP) is 17.4. The van der Waals surface area contributed by atoms with Crippen LogP contribution in [0.5, 0.6) is 0 Å². The van der Waals surface area contributed by atoms with Gasteiger partial charge in [-0.3, -0.25) is 0 Å². The van der Waals surface area contributed by atoms with Gasteiger partial charge in [0.1, 0.15) is 22.3 Å².